The van der Waals surface area contributed by atoms with Crippen LogP contribution in [0.1, 0.15) is 67.2 Å². The summed E-state index contributed by atoms with van der Waals surface area (Å²) in [5.74, 6) is -0.275. The van der Waals surface area contributed by atoms with Crippen LogP contribution in [0.25, 0.3) is 0 Å². The van der Waals surface area contributed by atoms with Gasteiger partial charge in [-0.1, -0.05) is 34.9 Å². The summed E-state index contributed by atoms with van der Waals surface area (Å²) in [7, 11) is 0. The van der Waals surface area contributed by atoms with Crippen molar-refractivity contribution in [3.63, 3.8) is 0 Å². The number of hydrogen-bond donors (Lipinski definition) is 2. The third-order valence-electron chi connectivity index (χ3n) is 3.93. The van der Waals surface area contributed by atoms with E-state index in [0.29, 0.717) is 6.42 Å². The summed E-state index contributed by atoms with van der Waals surface area (Å²) in [5.41, 5.74) is 2.29. The van der Waals surface area contributed by atoms with Crippen LogP contribution in [0.4, 0.5) is 0 Å². The predicted molar refractivity (Wildman–Crippen MR) is 108 cm³/mol. The van der Waals surface area contributed by atoms with Gasteiger partial charge in [0.2, 0.25) is 0 Å². The highest BCUT2D eigenvalue weighted by Crippen LogP contribution is 2.17. The normalized spacial score (nSPS) is 17.1. The van der Waals surface area contributed by atoms with E-state index in [1.807, 2.05) is 33.8 Å². The maximum atomic E-state index is 11.2. The molecule has 0 aliphatic heterocycles. The lowest BCUT2D eigenvalue weighted by molar-refractivity contribution is -0.144. The molecule has 0 aromatic carbocycles. The topological polar surface area (TPSA) is 66.8 Å². The van der Waals surface area contributed by atoms with Crippen LogP contribution in [0, 0.1) is 0 Å². The fourth-order valence-electron chi connectivity index (χ4n) is 2.64. The Labute approximate surface area is 159 Å². The molecule has 0 unspecified atom stereocenters. The van der Waals surface area contributed by atoms with E-state index in [2.05, 4.69) is 12.7 Å². The zero-order valence-corrected chi connectivity index (χ0v) is 17.2. The number of carbonyl (C=O) groups excluding carboxylic acids is 1. The smallest absolute Gasteiger partial charge is 0.303 e. The molecule has 0 rings (SSSR count). The van der Waals surface area contributed by atoms with Gasteiger partial charge in [0.15, 0.2) is 0 Å². The summed E-state index contributed by atoms with van der Waals surface area (Å²) in [6.45, 7) is 14.6. The zero-order valence-electron chi connectivity index (χ0n) is 17.2. The molecular weight excluding hydrogens is 328 g/mol. The summed E-state index contributed by atoms with van der Waals surface area (Å²) in [6.07, 6.45) is 8.99. The van der Waals surface area contributed by atoms with Crippen LogP contribution in [0.5, 0.6) is 0 Å². The summed E-state index contributed by atoms with van der Waals surface area (Å²) in [4.78, 5) is 11.2. The number of carbonyl (C=O) groups is 1. The van der Waals surface area contributed by atoms with Gasteiger partial charge < -0.3 is 14.9 Å². The first-order valence-electron chi connectivity index (χ1n) is 9.14. The van der Waals surface area contributed by atoms with E-state index >= 15 is 0 Å². The lowest BCUT2D eigenvalue weighted by Crippen LogP contribution is -2.26. The van der Waals surface area contributed by atoms with Gasteiger partial charge in [0.05, 0.1) is 11.7 Å². The molecule has 0 fully saturated rings. The van der Waals surface area contributed by atoms with Crippen molar-refractivity contribution in [3.05, 3.63) is 47.6 Å². The van der Waals surface area contributed by atoms with Gasteiger partial charge in [-0.15, -0.1) is 6.58 Å². The Morgan fingerprint density at radius 2 is 1.77 bits per heavy atom. The molecule has 0 aromatic rings. The molecule has 0 aliphatic rings. The Morgan fingerprint density at radius 1 is 1.15 bits per heavy atom. The Bertz CT molecular complexity index is 548. The second-order valence-electron chi connectivity index (χ2n) is 7.53. The van der Waals surface area contributed by atoms with Crippen molar-refractivity contribution in [2.75, 3.05) is 0 Å². The predicted octanol–water partition coefficient (Wildman–Crippen LogP) is 4.64. The average molecular weight is 365 g/mol. The van der Waals surface area contributed by atoms with Gasteiger partial charge in [-0.25, -0.2) is 0 Å². The fraction of sp³-hybridized carbons (Fsp3) is 0.591. The van der Waals surface area contributed by atoms with Crippen LogP contribution in [-0.4, -0.2) is 34.0 Å². The van der Waals surface area contributed by atoms with Crippen LogP contribution < -0.4 is 0 Å². The summed E-state index contributed by atoms with van der Waals surface area (Å²) in [5, 5.41) is 19.9. The quantitative estimate of drug-likeness (QED) is 0.414. The van der Waals surface area contributed by atoms with Crippen molar-refractivity contribution >= 4 is 5.97 Å². The molecule has 0 aliphatic carbocycles. The molecule has 0 spiro atoms. The first-order valence-corrected chi connectivity index (χ1v) is 9.14. The van der Waals surface area contributed by atoms with Gasteiger partial charge in [-0.2, -0.15) is 0 Å². The van der Waals surface area contributed by atoms with Crippen molar-refractivity contribution in [2.45, 2.75) is 85.0 Å². The van der Waals surface area contributed by atoms with Gasteiger partial charge in [-0.3, -0.25) is 4.79 Å². The van der Waals surface area contributed by atoms with E-state index in [1.165, 1.54) is 13.0 Å². The summed E-state index contributed by atoms with van der Waals surface area (Å²) in [6, 6.07) is 0. The molecule has 4 nitrogen and oxygen atoms in total. The van der Waals surface area contributed by atoms with Crippen molar-refractivity contribution in [1.82, 2.24) is 0 Å². The minimum absolute atomic E-state index is 0.228. The standard InChI is InChI=1S/C22H36O4/c1-8-22(7,25)15-20(24)13-17(4)10-9-11-18(5)14-21(12-16(2)3)26-19(6)23/h8,11-13,20-21,24-25H,1,9-10,14-15H2,2-7H3/b17-13+,18-11+/t20-,21+,22-/m1/s1. The first-order chi connectivity index (χ1) is 11.9. The SMILES string of the molecule is C=C[C@@](C)(O)C[C@H](O)/C=C(\C)CC/C=C(\C)C[C@H](C=C(C)C)OC(C)=O. The Balaban J connectivity index is 4.60. The third kappa shape index (κ3) is 12.7. The lowest BCUT2D eigenvalue weighted by atomic mass is 9.97. The lowest BCUT2D eigenvalue weighted by Gasteiger charge is -2.20. The fourth-order valence-corrected chi connectivity index (χ4v) is 2.64. The first kappa shape index (κ1) is 24.4. The van der Waals surface area contributed by atoms with Crippen LogP contribution in [0.15, 0.2) is 47.6 Å². The van der Waals surface area contributed by atoms with Crippen molar-refractivity contribution in [1.29, 1.82) is 0 Å². The molecule has 26 heavy (non-hydrogen) atoms. The van der Waals surface area contributed by atoms with Gasteiger partial charge in [0.25, 0.3) is 0 Å². The molecule has 0 bridgehead atoms. The van der Waals surface area contributed by atoms with Gasteiger partial charge in [0.1, 0.15) is 6.10 Å². The minimum Gasteiger partial charge on any atom is -0.458 e. The third-order valence-corrected chi connectivity index (χ3v) is 3.93. The van der Waals surface area contributed by atoms with Crippen LogP contribution in [-0.2, 0) is 9.53 Å². The van der Waals surface area contributed by atoms with Gasteiger partial charge in [-0.05, 0) is 53.5 Å². The summed E-state index contributed by atoms with van der Waals surface area (Å²) >= 11 is 0. The minimum atomic E-state index is -1.07. The maximum Gasteiger partial charge on any atom is 0.303 e. The molecule has 0 aromatic heterocycles. The molecular formula is C22H36O4. The maximum absolute atomic E-state index is 11.2. The monoisotopic (exact) mass is 364 g/mol. The molecule has 2 N–H and O–H groups in total. The molecule has 0 radical (unpaired) electrons. The molecule has 3 atom stereocenters. The molecule has 4 heteroatoms. The number of aliphatic hydroxyl groups is 2. The number of esters is 1. The number of ether oxygens (including phenoxy) is 1. The average Bonchev–Trinajstić information content (AvgIpc) is 2.44. The number of rotatable bonds is 11. The number of allylic oxidation sites excluding steroid dienone is 3. The van der Waals surface area contributed by atoms with E-state index in [0.717, 1.165) is 29.6 Å². The van der Waals surface area contributed by atoms with E-state index in [1.54, 1.807) is 13.0 Å². The van der Waals surface area contributed by atoms with Gasteiger partial charge >= 0.3 is 5.97 Å². The van der Waals surface area contributed by atoms with Crippen molar-refractivity contribution < 1.29 is 19.7 Å². The van der Waals surface area contributed by atoms with E-state index in [4.69, 9.17) is 4.74 Å². The van der Waals surface area contributed by atoms with Crippen LogP contribution >= 0.6 is 0 Å². The Hall–Kier alpha value is -1.65. The van der Waals surface area contributed by atoms with E-state index in [9.17, 15) is 15.0 Å². The second-order valence-corrected chi connectivity index (χ2v) is 7.53. The number of aliphatic hydroxyl groups excluding tert-OH is 1. The highest BCUT2D eigenvalue weighted by atomic mass is 16.5. The van der Waals surface area contributed by atoms with E-state index in [-0.39, 0.29) is 18.5 Å². The second kappa shape index (κ2) is 11.9. The molecule has 0 amide bonds. The molecule has 148 valence electrons. The molecule has 0 saturated heterocycles. The summed E-state index contributed by atoms with van der Waals surface area (Å²) < 4.78 is 5.34. The molecule has 0 heterocycles. The van der Waals surface area contributed by atoms with Crippen LogP contribution in [0.2, 0.25) is 0 Å². The number of hydrogen-bond acceptors (Lipinski definition) is 4. The Morgan fingerprint density at radius 3 is 2.27 bits per heavy atom. The zero-order chi connectivity index (χ0) is 20.3. The van der Waals surface area contributed by atoms with Gasteiger partial charge in [0, 0.05) is 19.8 Å². The molecule has 0 saturated carbocycles. The van der Waals surface area contributed by atoms with Crippen molar-refractivity contribution in [3.8, 4) is 0 Å². The van der Waals surface area contributed by atoms with Crippen molar-refractivity contribution in [2.24, 2.45) is 0 Å². The van der Waals surface area contributed by atoms with Crippen LogP contribution in [0.3, 0.4) is 0 Å². The largest absolute Gasteiger partial charge is 0.458 e. The highest BCUT2D eigenvalue weighted by Gasteiger charge is 2.19. The Kier molecular flexibility index (Phi) is 11.1. The highest BCUT2D eigenvalue weighted by molar-refractivity contribution is 5.66. The van der Waals surface area contributed by atoms with E-state index < -0.39 is 11.7 Å².